The molecule has 5 heteroatoms. The summed E-state index contributed by atoms with van der Waals surface area (Å²) < 4.78 is 4.91. The number of carboxylic acid groups (broad SMARTS) is 1. The molecule has 0 radical (unpaired) electrons. The molecule has 0 saturated carbocycles. The Labute approximate surface area is 82.7 Å². The molecule has 2 N–H and O–H groups in total. The fourth-order valence-electron chi connectivity index (χ4n) is 0.686. The van der Waals surface area contributed by atoms with Gasteiger partial charge in [0.2, 0.25) is 0 Å². The van der Waals surface area contributed by atoms with Crippen LogP contribution < -0.4 is 5.32 Å². The predicted molar refractivity (Wildman–Crippen MR) is 50.8 cm³/mol. The highest BCUT2D eigenvalue weighted by molar-refractivity contribution is 5.82. The maximum Gasteiger partial charge on any atom is 0.411 e. The van der Waals surface area contributed by atoms with Crippen molar-refractivity contribution >= 4 is 12.1 Å². The number of alkyl carbamates (subject to hydrolysis) is 1. The molecule has 0 spiro atoms. The molecule has 0 heterocycles. The first kappa shape index (κ1) is 12.5. The minimum absolute atomic E-state index is 0.228. The van der Waals surface area contributed by atoms with Crippen LogP contribution in [0.3, 0.4) is 0 Å². The Bertz CT molecular complexity index is 262. The topological polar surface area (TPSA) is 75.6 Å². The van der Waals surface area contributed by atoms with Crippen LogP contribution in [-0.2, 0) is 9.53 Å². The van der Waals surface area contributed by atoms with Gasteiger partial charge < -0.3 is 9.84 Å². The zero-order valence-electron chi connectivity index (χ0n) is 8.75. The Morgan fingerprint density at radius 1 is 1.36 bits per heavy atom. The Morgan fingerprint density at radius 2 is 1.86 bits per heavy atom. The lowest BCUT2D eigenvalue weighted by molar-refractivity contribution is -0.131. The van der Waals surface area contributed by atoms with Crippen molar-refractivity contribution in [3.05, 3.63) is 11.8 Å². The summed E-state index contributed by atoms with van der Waals surface area (Å²) >= 11 is 0. The van der Waals surface area contributed by atoms with E-state index in [4.69, 9.17) is 9.84 Å². The first-order valence-corrected chi connectivity index (χ1v) is 4.12. The maximum absolute atomic E-state index is 11.1. The molecule has 0 aromatic heterocycles. The quantitative estimate of drug-likeness (QED) is 0.664. The van der Waals surface area contributed by atoms with E-state index in [0.29, 0.717) is 0 Å². The van der Waals surface area contributed by atoms with E-state index >= 15 is 0 Å². The van der Waals surface area contributed by atoms with E-state index in [1.807, 2.05) is 0 Å². The molecule has 0 aromatic rings. The molecular formula is C9H15NO4. The lowest BCUT2D eigenvalue weighted by Crippen LogP contribution is -2.31. The second kappa shape index (κ2) is 4.64. The van der Waals surface area contributed by atoms with Crippen molar-refractivity contribution < 1.29 is 19.4 Å². The number of amides is 1. The van der Waals surface area contributed by atoms with Crippen LogP contribution in [0.1, 0.15) is 27.7 Å². The zero-order chi connectivity index (χ0) is 11.4. The average molecular weight is 201 g/mol. The fourth-order valence-corrected chi connectivity index (χ4v) is 0.686. The molecule has 1 amide bonds. The summed E-state index contributed by atoms with van der Waals surface area (Å²) in [5, 5.41) is 10.6. The van der Waals surface area contributed by atoms with E-state index in [1.165, 1.54) is 6.92 Å². The van der Waals surface area contributed by atoms with Crippen molar-refractivity contribution in [1.29, 1.82) is 0 Å². The molecule has 0 fully saturated rings. The Morgan fingerprint density at radius 3 is 2.21 bits per heavy atom. The van der Waals surface area contributed by atoms with Gasteiger partial charge in [0.15, 0.2) is 0 Å². The fraction of sp³-hybridized carbons (Fsp3) is 0.556. The molecular weight excluding hydrogens is 186 g/mol. The normalized spacial score (nSPS) is 12.1. The maximum atomic E-state index is 11.1. The summed E-state index contributed by atoms with van der Waals surface area (Å²) in [5.74, 6) is -1.11. The number of hydrogen-bond donors (Lipinski definition) is 2. The number of carboxylic acids is 1. The lowest BCUT2D eigenvalue weighted by Gasteiger charge is -2.19. The third-order valence-electron chi connectivity index (χ3n) is 1.04. The Kier molecular flexibility index (Phi) is 4.14. The first-order chi connectivity index (χ1) is 6.20. The molecule has 0 saturated heterocycles. The van der Waals surface area contributed by atoms with E-state index in [9.17, 15) is 9.59 Å². The van der Waals surface area contributed by atoms with Crippen molar-refractivity contribution in [1.82, 2.24) is 5.32 Å². The molecule has 0 aromatic carbocycles. The largest absolute Gasteiger partial charge is 0.478 e. The summed E-state index contributed by atoms with van der Waals surface area (Å²) in [6, 6.07) is 0. The van der Waals surface area contributed by atoms with Gasteiger partial charge in [-0.2, -0.15) is 0 Å². The highest BCUT2D eigenvalue weighted by Crippen LogP contribution is 2.06. The number of nitrogens with one attached hydrogen (secondary N) is 1. The van der Waals surface area contributed by atoms with Crippen LogP contribution in [0.4, 0.5) is 4.79 Å². The van der Waals surface area contributed by atoms with E-state index in [2.05, 4.69) is 5.32 Å². The molecule has 0 bridgehead atoms. The van der Waals surface area contributed by atoms with Crippen molar-refractivity contribution in [2.75, 3.05) is 0 Å². The zero-order valence-corrected chi connectivity index (χ0v) is 8.75. The molecule has 0 aliphatic carbocycles. The van der Waals surface area contributed by atoms with Crippen LogP contribution in [0.25, 0.3) is 0 Å². The van der Waals surface area contributed by atoms with Gasteiger partial charge in [-0.05, 0) is 27.7 Å². The average Bonchev–Trinajstić information content (AvgIpc) is 1.77. The van der Waals surface area contributed by atoms with Gasteiger partial charge in [0.1, 0.15) is 5.60 Å². The molecule has 14 heavy (non-hydrogen) atoms. The molecule has 0 aliphatic heterocycles. The van der Waals surface area contributed by atoms with Crippen LogP contribution in [-0.4, -0.2) is 22.8 Å². The number of hydrogen-bond acceptors (Lipinski definition) is 3. The molecule has 0 aliphatic rings. The van der Waals surface area contributed by atoms with Crippen LogP contribution in [0.15, 0.2) is 11.8 Å². The summed E-state index contributed by atoms with van der Waals surface area (Å²) in [6.07, 6.45) is 0.233. The standard InChI is InChI=1S/C9H15NO4/c1-6(5-7(11)12)10-8(13)14-9(2,3)4/h5H,1-4H3,(H,10,13)(H,11,12)/b6-5-. The van der Waals surface area contributed by atoms with Crippen molar-refractivity contribution in [2.45, 2.75) is 33.3 Å². The summed E-state index contributed by atoms with van der Waals surface area (Å²) in [5.41, 5.74) is -0.361. The van der Waals surface area contributed by atoms with Crippen LogP contribution in [0, 0.1) is 0 Å². The van der Waals surface area contributed by atoms with Gasteiger partial charge in [-0.3, -0.25) is 5.32 Å². The summed E-state index contributed by atoms with van der Waals surface area (Å²) in [6.45, 7) is 6.65. The van der Waals surface area contributed by atoms with Gasteiger partial charge in [-0.25, -0.2) is 9.59 Å². The summed E-state index contributed by atoms with van der Waals surface area (Å²) in [7, 11) is 0. The van der Waals surface area contributed by atoms with Crippen molar-refractivity contribution in [3.63, 3.8) is 0 Å². The smallest absolute Gasteiger partial charge is 0.411 e. The van der Waals surface area contributed by atoms with Crippen molar-refractivity contribution in [3.8, 4) is 0 Å². The number of aliphatic carboxylic acids is 1. The highest BCUT2D eigenvalue weighted by atomic mass is 16.6. The van der Waals surface area contributed by atoms with E-state index in [-0.39, 0.29) is 5.70 Å². The van der Waals surface area contributed by atoms with Crippen LogP contribution >= 0.6 is 0 Å². The first-order valence-electron chi connectivity index (χ1n) is 4.12. The van der Waals surface area contributed by atoms with Gasteiger partial charge in [0, 0.05) is 11.8 Å². The third kappa shape index (κ3) is 7.15. The van der Waals surface area contributed by atoms with Gasteiger partial charge in [0.25, 0.3) is 0 Å². The number of rotatable bonds is 2. The molecule has 0 rings (SSSR count). The minimum atomic E-state index is -1.11. The Balaban J connectivity index is 4.14. The number of carbonyl (C=O) groups is 2. The number of ether oxygens (including phenoxy) is 1. The van der Waals surface area contributed by atoms with Crippen LogP contribution in [0.2, 0.25) is 0 Å². The second-order valence-corrected chi connectivity index (χ2v) is 3.79. The molecule has 5 nitrogen and oxygen atoms in total. The number of allylic oxidation sites excluding steroid dienone is 1. The second-order valence-electron chi connectivity index (χ2n) is 3.79. The SMILES string of the molecule is C/C(=C/C(=O)O)NC(=O)OC(C)(C)C. The van der Waals surface area contributed by atoms with Crippen molar-refractivity contribution in [2.24, 2.45) is 0 Å². The minimum Gasteiger partial charge on any atom is -0.478 e. The molecule has 0 atom stereocenters. The van der Waals surface area contributed by atoms with Gasteiger partial charge >= 0.3 is 12.1 Å². The lowest BCUT2D eigenvalue weighted by atomic mass is 10.2. The van der Waals surface area contributed by atoms with Crippen LogP contribution in [0.5, 0.6) is 0 Å². The highest BCUT2D eigenvalue weighted by Gasteiger charge is 2.15. The van der Waals surface area contributed by atoms with E-state index in [0.717, 1.165) is 6.08 Å². The number of carbonyl (C=O) groups excluding carboxylic acids is 1. The van der Waals surface area contributed by atoms with Gasteiger partial charge in [-0.15, -0.1) is 0 Å². The predicted octanol–water partition coefficient (Wildman–Crippen LogP) is 1.50. The summed E-state index contributed by atoms with van der Waals surface area (Å²) in [4.78, 5) is 21.3. The Hall–Kier alpha value is -1.52. The third-order valence-corrected chi connectivity index (χ3v) is 1.04. The van der Waals surface area contributed by atoms with E-state index < -0.39 is 17.7 Å². The van der Waals surface area contributed by atoms with Gasteiger partial charge in [0.05, 0.1) is 0 Å². The van der Waals surface area contributed by atoms with E-state index in [1.54, 1.807) is 20.8 Å². The molecule has 80 valence electrons. The van der Waals surface area contributed by atoms with Gasteiger partial charge in [-0.1, -0.05) is 0 Å². The monoisotopic (exact) mass is 201 g/mol. The molecule has 0 unspecified atom stereocenters.